The Balaban J connectivity index is 2.20. The van der Waals surface area contributed by atoms with Crippen molar-refractivity contribution in [2.75, 3.05) is 26.7 Å². The second kappa shape index (κ2) is 7.51. The summed E-state index contributed by atoms with van der Waals surface area (Å²) in [6.45, 7) is 7.40. The monoisotopic (exact) mass is 254 g/mol. The van der Waals surface area contributed by atoms with Crippen LogP contribution in [0.3, 0.4) is 0 Å². The van der Waals surface area contributed by atoms with Crippen molar-refractivity contribution in [3.63, 3.8) is 0 Å². The second-order valence-electron chi connectivity index (χ2n) is 5.42. The van der Waals surface area contributed by atoms with Crippen molar-refractivity contribution < 1.29 is 5.11 Å². The number of aromatic nitrogens is 2. The SMILES string of the molecule is CC(C)CNCC(O)CN(C)Cc1cnn(C)c1. The highest BCUT2D eigenvalue weighted by molar-refractivity contribution is 5.02. The Bertz CT molecular complexity index is 337. The summed E-state index contributed by atoms with van der Waals surface area (Å²) in [6.07, 6.45) is 3.53. The molecular weight excluding hydrogens is 228 g/mol. The fourth-order valence-corrected chi connectivity index (χ4v) is 1.89. The predicted molar refractivity (Wildman–Crippen MR) is 73.3 cm³/mol. The maximum Gasteiger partial charge on any atom is 0.0791 e. The van der Waals surface area contributed by atoms with E-state index in [9.17, 15) is 5.11 Å². The number of nitrogens with zero attached hydrogens (tertiary/aromatic N) is 3. The zero-order valence-corrected chi connectivity index (χ0v) is 11.9. The molecule has 0 saturated heterocycles. The molecule has 0 spiro atoms. The Labute approximate surface area is 110 Å². The lowest BCUT2D eigenvalue weighted by Crippen LogP contribution is -2.37. The topological polar surface area (TPSA) is 53.3 Å². The number of nitrogens with one attached hydrogen (secondary N) is 1. The minimum atomic E-state index is -0.328. The highest BCUT2D eigenvalue weighted by atomic mass is 16.3. The Kier molecular flexibility index (Phi) is 6.32. The van der Waals surface area contributed by atoms with Crippen molar-refractivity contribution in [3.05, 3.63) is 18.0 Å². The number of aliphatic hydroxyl groups is 1. The molecule has 1 aromatic rings. The van der Waals surface area contributed by atoms with Gasteiger partial charge in [-0.3, -0.25) is 9.58 Å². The summed E-state index contributed by atoms with van der Waals surface area (Å²) in [5.41, 5.74) is 1.17. The molecule has 0 aliphatic carbocycles. The van der Waals surface area contributed by atoms with Crippen LogP contribution < -0.4 is 5.32 Å². The highest BCUT2D eigenvalue weighted by Crippen LogP contribution is 2.01. The van der Waals surface area contributed by atoms with Crippen molar-refractivity contribution in [2.45, 2.75) is 26.5 Å². The average Bonchev–Trinajstić information content (AvgIpc) is 2.62. The number of rotatable bonds is 8. The molecule has 0 aromatic carbocycles. The van der Waals surface area contributed by atoms with Crippen LogP contribution in [-0.2, 0) is 13.6 Å². The molecule has 0 aliphatic heterocycles. The number of hydrogen-bond donors (Lipinski definition) is 2. The van der Waals surface area contributed by atoms with Crippen LogP contribution in [0.15, 0.2) is 12.4 Å². The molecule has 0 saturated carbocycles. The van der Waals surface area contributed by atoms with Crippen molar-refractivity contribution in [2.24, 2.45) is 13.0 Å². The Morgan fingerprint density at radius 2 is 2.17 bits per heavy atom. The third-order valence-corrected chi connectivity index (χ3v) is 2.67. The zero-order valence-electron chi connectivity index (χ0n) is 11.9. The van der Waals surface area contributed by atoms with E-state index < -0.39 is 0 Å². The molecule has 2 N–H and O–H groups in total. The van der Waals surface area contributed by atoms with E-state index >= 15 is 0 Å². The van der Waals surface area contributed by atoms with Gasteiger partial charge in [-0.15, -0.1) is 0 Å². The minimum absolute atomic E-state index is 0.328. The standard InChI is InChI=1S/C13H26N4O/c1-11(2)5-14-7-13(18)10-16(3)8-12-6-15-17(4)9-12/h6,9,11,13-14,18H,5,7-8,10H2,1-4H3. The van der Waals surface area contributed by atoms with Gasteiger partial charge in [0.05, 0.1) is 12.3 Å². The van der Waals surface area contributed by atoms with E-state index in [1.807, 2.05) is 26.5 Å². The van der Waals surface area contributed by atoms with Crippen molar-refractivity contribution in [1.82, 2.24) is 20.0 Å². The summed E-state index contributed by atoms with van der Waals surface area (Å²) >= 11 is 0. The molecule has 18 heavy (non-hydrogen) atoms. The molecule has 1 unspecified atom stereocenters. The first-order valence-corrected chi connectivity index (χ1v) is 6.52. The van der Waals surface area contributed by atoms with E-state index in [4.69, 9.17) is 0 Å². The van der Waals surface area contributed by atoms with Crippen LogP contribution >= 0.6 is 0 Å². The Morgan fingerprint density at radius 3 is 2.72 bits per heavy atom. The first-order chi connectivity index (χ1) is 8.47. The molecule has 0 bridgehead atoms. The molecular formula is C13H26N4O. The normalized spacial score (nSPS) is 13.5. The molecule has 1 rings (SSSR count). The lowest BCUT2D eigenvalue weighted by molar-refractivity contribution is 0.120. The lowest BCUT2D eigenvalue weighted by Gasteiger charge is -2.20. The second-order valence-corrected chi connectivity index (χ2v) is 5.42. The van der Waals surface area contributed by atoms with E-state index in [0.29, 0.717) is 19.0 Å². The predicted octanol–water partition coefficient (Wildman–Crippen LogP) is 0.458. The maximum absolute atomic E-state index is 9.89. The summed E-state index contributed by atoms with van der Waals surface area (Å²) in [5, 5.41) is 17.3. The highest BCUT2D eigenvalue weighted by Gasteiger charge is 2.09. The molecule has 104 valence electrons. The Hall–Kier alpha value is -0.910. The summed E-state index contributed by atoms with van der Waals surface area (Å²) in [6, 6.07) is 0. The summed E-state index contributed by atoms with van der Waals surface area (Å²) in [7, 11) is 3.92. The van der Waals surface area contributed by atoms with Gasteiger partial charge >= 0.3 is 0 Å². The first-order valence-electron chi connectivity index (χ1n) is 6.52. The molecule has 0 fully saturated rings. The fraction of sp³-hybridized carbons (Fsp3) is 0.769. The molecule has 0 aliphatic rings. The van der Waals surface area contributed by atoms with Gasteiger partial charge in [0.1, 0.15) is 0 Å². The van der Waals surface area contributed by atoms with Crippen molar-refractivity contribution >= 4 is 0 Å². The average molecular weight is 254 g/mol. The van der Waals surface area contributed by atoms with Gasteiger partial charge in [-0.25, -0.2) is 0 Å². The van der Waals surface area contributed by atoms with E-state index in [-0.39, 0.29) is 6.10 Å². The van der Waals surface area contributed by atoms with E-state index in [1.54, 1.807) is 4.68 Å². The summed E-state index contributed by atoms with van der Waals surface area (Å²) in [5.74, 6) is 0.616. The number of aryl methyl sites for hydroxylation is 1. The van der Waals surface area contributed by atoms with E-state index in [2.05, 4.69) is 29.2 Å². The van der Waals surface area contributed by atoms with Gasteiger partial charge in [-0.1, -0.05) is 13.8 Å². The minimum Gasteiger partial charge on any atom is -0.390 e. The fourth-order valence-electron chi connectivity index (χ4n) is 1.89. The first kappa shape index (κ1) is 15.1. The van der Waals surface area contributed by atoms with Crippen molar-refractivity contribution in [1.29, 1.82) is 0 Å². The van der Waals surface area contributed by atoms with Gasteiger partial charge in [0.2, 0.25) is 0 Å². The largest absolute Gasteiger partial charge is 0.390 e. The van der Waals surface area contributed by atoms with Crippen LogP contribution in [0.1, 0.15) is 19.4 Å². The Morgan fingerprint density at radius 1 is 1.44 bits per heavy atom. The molecule has 5 heteroatoms. The molecule has 1 aromatic heterocycles. The van der Waals surface area contributed by atoms with Crippen LogP contribution in [0.2, 0.25) is 0 Å². The van der Waals surface area contributed by atoms with Gasteiger partial charge < -0.3 is 10.4 Å². The van der Waals surface area contributed by atoms with Crippen molar-refractivity contribution in [3.8, 4) is 0 Å². The number of hydrogen-bond acceptors (Lipinski definition) is 4. The van der Waals surface area contributed by atoms with Gasteiger partial charge in [-0.2, -0.15) is 5.10 Å². The van der Waals surface area contributed by atoms with Gasteiger partial charge in [0.15, 0.2) is 0 Å². The third-order valence-electron chi connectivity index (χ3n) is 2.67. The van der Waals surface area contributed by atoms with Crippen LogP contribution in [0.25, 0.3) is 0 Å². The quantitative estimate of drug-likeness (QED) is 0.707. The third kappa shape index (κ3) is 6.14. The van der Waals surface area contributed by atoms with Gasteiger partial charge in [0, 0.05) is 38.4 Å². The van der Waals surface area contributed by atoms with Gasteiger partial charge in [-0.05, 0) is 19.5 Å². The summed E-state index contributed by atoms with van der Waals surface area (Å²) in [4.78, 5) is 2.11. The summed E-state index contributed by atoms with van der Waals surface area (Å²) < 4.78 is 1.80. The van der Waals surface area contributed by atoms with Crippen LogP contribution in [0.4, 0.5) is 0 Å². The smallest absolute Gasteiger partial charge is 0.0791 e. The zero-order chi connectivity index (χ0) is 13.5. The molecule has 1 atom stereocenters. The van der Waals surface area contributed by atoms with Crippen LogP contribution in [0.5, 0.6) is 0 Å². The van der Waals surface area contributed by atoms with E-state index in [1.165, 1.54) is 5.56 Å². The van der Waals surface area contributed by atoms with Gasteiger partial charge in [0.25, 0.3) is 0 Å². The number of aliphatic hydroxyl groups excluding tert-OH is 1. The van der Waals surface area contributed by atoms with E-state index in [0.717, 1.165) is 13.1 Å². The lowest BCUT2D eigenvalue weighted by atomic mass is 10.2. The van der Waals surface area contributed by atoms with Crippen LogP contribution in [-0.4, -0.2) is 52.6 Å². The molecule has 0 radical (unpaired) electrons. The molecule has 1 heterocycles. The number of likely N-dealkylation sites (N-methyl/N-ethyl adjacent to an activating group) is 1. The molecule has 0 amide bonds. The maximum atomic E-state index is 9.89. The van der Waals surface area contributed by atoms with Crippen LogP contribution in [0, 0.1) is 5.92 Å². The molecule has 5 nitrogen and oxygen atoms in total.